The molecule has 2 heterocycles. The lowest BCUT2D eigenvalue weighted by Crippen LogP contribution is -2.31. The number of H-pyrrole nitrogens is 1. The molecule has 7 heteroatoms. The van der Waals surface area contributed by atoms with E-state index in [9.17, 15) is 4.79 Å². The quantitative estimate of drug-likeness (QED) is 0.850. The molecular formula is C12H13N3O3S. The van der Waals surface area contributed by atoms with Crippen molar-refractivity contribution in [3.8, 4) is 11.5 Å². The number of fused-ring (bicyclic) bond motifs is 1. The van der Waals surface area contributed by atoms with E-state index in [1.807, 2.05) is 24.3 Å². The van der Waals surface area contributed by atoms with E-state index in [0.29, 0.717) is 17.5 Å². The van der Waals surface area contributed by atoms with Crippen LogP contribution in [-0.2, 0) is 7.05 Å². The lowest BCUT2D eigenvalue weighted by atomic mass is 10.3. The lowest BCUT2D eigenvalue weighted by molar-refractivity contribution is 0.107. The first-order chi connectivity index (χ1) is 9.24. The zero-order chi connectivity index (χ0) is 13.2. The average molecular weight is 279 g/mol. The Labute approximate surface area is 113 Å². The summed E-state index contributed by atoms with van der Waals surface area (Å²) in [7, 11) is 1.68. The van der Waals surface area contributed by atoms with Crippen LogP contribution in [0.1, 0.15) is 0 Å². The van der Waals surface area contributed by atoms with Crippen LogP contribution in [0.2, 0.25) is 0 Å². The van der Waals surface area contributed by atoms with Crippen LogP contribution < -0.4 is 15.2 Å². The molecule has 0 saturated carbocycles. The number of thioether (sulfide) groups is 1. The van der Waals surface area contributed by atoms with E-state index < -0.39 is 0 Å². The minimum Gasteiger partial charge on any atom is -0.486 e. The van der Waals surface area contributed by atoms with Crippen LogP contribution in [0.15, 0.2) is 34.2 Å². The Morgan fingerprint density at radius 1 is 1.47 bits per heavy atom. The van der Waals surface area contributed by atoms with E-state index in [-0.39, 0.29) is 11.8 Å². The van der Waals surface area contributed by atoms with Crippen LogP contribution in [0.3, 0.4) is 0 Å². The monoisotopic (exact) mass is 279 g/mol. The molecule has 1 atom stereocenters. The third kappa shape index (κ3) is 2.46. The first-order valence-electron chi connectivity index (χ1n) is 5.87. The zero-order valence-electron chi connectivity index (χ0n) is 10.3. The van der Waals surface area contributed by atoms with Crippen LogP contribution in [-0.4, -0.2) is 33.2 Å². The van der Waals surface area contributed by atoms with Gasteiger partial charge in [0.1, 0.15) is 12.7 Å². The first kappa shape index (κ1) is 12.2. The first-order valence-corrected chi connectivity index (χ1v) is 6.85. The number of aromatic amines is 1. The summed E-state index contributed by atoms with van der Waals surface area (Å²) in [5, 5.41) is 6.99. The van der Waals surface area contributed by atoms with Gasteiger partial charge in [-0.25, -0.2) is 9.89 Å². The molecule has 0 bridgehead atoms. The molecule has 0 fully saturated rings. The van der Waals surface area contributed by atoms with Crippen molar-refractivity contribution in [2.75, 3.05) is 12.4 Å². The van der Waals surface area contributed by atoms with Gasteiger partial charge in [0.15, 0.2) is 16.7 Å². The highest BCUT2D eigenvalue weighted by Crippen LogP contribution is 2.32. The maximum Gasteiger partial charge on any atom is 0.343 e. The number of benzene rings is 1. The topological polar surface area (TPSA) is 69.1 Å². The molecular weight excluding hydrogens is 266 g/mol. The third-order valence-corrected chi connectivity index (χ3v) is 3.97. The predicted octanol–water partition coefficient (Wildman–Crippen LogP) is 1.04. The molecule has 0 spiro atoms. The molecule has 3 rings (SSSR count). The fourth-order valence-corrected chi connectivity index (χ4v) is 2.66. The van der Waals surface area contributed by atoms with Crippen molar-refractivity contribution >= 4 is 11.8 Å². The largest absolute Gasteiger partial charge is 0.486 e. The molecule has 1 N–H and O–H groups in total. The van der Waals surface area contributed by atoms with Gasteiger partial charge in [0.05, 0.1) is 0 Å². The summed E-state index contributed by atoms with van der Waals surface area (Å²) in [6.45, 7) is 0.502. The van der Waals surface area contributed by atoms with Crippen LogP contribution in [0.4, 0.5) is 0 Å². The molecule has 100 valence electrons. The molecule has 0 unspecified atom stereocenters. The van der Waals surface area contributed by atoms with Gasteiger partial charge in [0, 0.05) is 12.8 Å². The number of rotatable bonds is 3. The lowest BCUT2D eigenvalue weighted by Gasteiger charge is -2.25. The smallest absolute Gasteiger partial charge is 0.343 e. The van der Waals surface area contributed by atoms with E-state index in [2.05, 4.69) is 10.2 Å². The second kappa shape index (κ2) is 5.00. The highest BCUT2D eigenvalue weighted by Gasteiger charge is 2.21. The average Bonchev–Trinajstić information content (AvgIpc) is 2.76. The number of nitrogens with one attached hydrogen (secondary N) is 1. The van der Waals surface area contributed by atoms with Gasteiger partial charge < -0.3 is 9.47 Å². The fraction of sp³-hybridized carbons (Fsp3) is 0.333. The van der Waals surface area contributed by atoms with E-state index in [0.717, 1.165) is 11.5 Å². The minimum absolute atomic E-state index is 0.0493. The summed E-state index contributed by atoms with van der Waals surface area (Å²) in [6.07, 6.45) is -0.0493. The van der Waals surface area contributed by atoms with Gasteiger partial charge in [-0.05, 0) is 12.1 Å². The molecule has 0 radical (unpaired) electrons. The molecule has 1 aliphatic heterocycles. The van der Waals surface area contributed by atoms with Crippen molar-refractivity contribution in [1.82, 2.24) is 14.8 Å². The van der Waals surface area contributed by atoms with Gasteiger partial charge in [0.25, 0.3) is 0 Å². The van der Waals surface area contributed by atoms with E-state index in [1.54, 1.807) is 7.05 Å². The summed E-state index contributed by atoms with van der Waals surface area (Å²) in [5.74, 6) is 2.21. The van der Waals surface area contributed by atoms with Crippen molar-refractivity contribution in [3.63, 3.8) is 0 Å². The highest BCUT2D eigenvalue weighted by molar-refractivity contribution is 7.99. The maximum absolute atomic E-state index is 11.2. The summed E-state index contributed by atoms with van der Waals surface area (Å²) >= 11 is 1.46. The number of nitrogens with zero attached hydrogens (tertiary/aromatic N) is 2. The molecule has 1 aromatic heterocycles. The van der Waals surface area contributed by atoms with E-state index >= 15 is 0 Å². The van der Waals surface area contributed by atoms with Crippen LogP contribution in [0.25, 0.3) is 0 Å². The summed E-state index contributed by atoms with van der Waals surface area (Å²) in [5.41, 5.74) is -0.214. The van der Waals surface area contributed by atoms with Gasteiger partial charge in [0.2, 0.25) is 0 Å². The second-order valence-corrected chi connectivity index (χ2v) is 5.17. The van der Waals surface area contributed by atoms with Gasteiger partial charge in [-0.1, -0.05) is 23.9 Å². The second-order valence-electron chi connectivity index (χ2n) is 4.18. The van der Waals surface area contributed by atoms with Crippen LogP contribution in [0, 0.1) is 0 Å². The number of aromatic nitrogens is 3. The van der Waals surface area contributed by atoms with Gasteiger partial charge >= 0.3 is 5.69 Å². The highest BCUT2D eigenvalue weighted by atomic mass is 32.2. The van der Waals surface area contributed by atoms with E-state index in [4.69, 9.17) is 9.47 Å². The zero-order valence-corrected chi connectivity index (χ0v) is 11.1. The SMILES string of the molecule is Cn1c(SC[C@H]2COc3ccccc3O2)n[nH]c1=O. The van der Waals surface area contributed by atoms with Gasteiger partial charge in [-0.2, -0.15) is 0 Å². The Kier molecular flexibility index (Phi) is 3.20. The Morgan fingerprint density at radius 3 is 3.00 bits per heavy atom. The molecule has 6 nitrogen and oxygen atoms in total. The Hall–Kier alpha value is -1.89. The summed E-state index contributed by atoms with van der Waals surface area (Å²) in [4.78, 5) is 11.2. The normalized spacial score (nSPS) is 17.4. The van der Waals surface area contributed by atoms with Crippen molar-refractivity contribution in [2.24, 2.45) is 7.05 Å². The number of para-hydroxylation sites is 2. The molecule has 19 heavy (non-hydrogen) atoms. The van der Waals surface area contributed by atoms with Crippen molar-refractivity contribution in [2.45, 2.75) is 11.3 Å². The minimum atomic E-state index is -0.214. The van der Waals surface area contributed by atoms with Crippen molar-refractivity contribution in [1.29, 1.82) is 0 Å². The third-order valence-electron chi connectivity index (χ3n) is 2.80. The number of ether oxygens (including phenoxy) is 2. The Morgan fingerprint density at radius 2 is 2.26 bits per heavy atom. The number of hydrogen-bond donors (Lipinski definition) is 1. The van der Waals surface area contributed by atoms with Gasteiger partial charge in [-0.3, -0.25) is 4.57 Å². The standard InChI is InChI=1S/C12H13N3O3S/c1-15-11(16)13-14-12(15)19-7-8-6-17-9-4-2-3-5-10(9)18-8/h2-5,8H,6-7H2,1H3,(H,13,16)/t8-/m1/s1. The van der Waals surface area contributed by atoms with E-state index in [1.165, 1.54) is 16.3 Å². The molecule has 0 saturated heterocycles. The summed E-state index contributed by atoms with van der Waals surface area (Å²) in [6, 6.07) is 7.60. The van der Waals surface area contributed by atoms with Gasteiger partial charge in [-0.15, -0.1) is 5.10 Å². The van der Waals surface area contributed by atoms with Crippen LogP contribution in [0.5, 0.6) is 11.5 Å². The van der Waals surface area contributed by atoms with Crippen LogP contribution >= 0.6 is 11.8 Å². The molecule has 2 aromatic rings. The summed E-state index contributed by atoms with van der Waals surface area (Å²) < 4.78 is 12.9. The Balaban J connectivity index is 1.64. The molecule has 1 aromatic carbocycles. The Bertz CT molecular complexity index is 637. The number of hydrogen-bond acceptors (Lipinski definition) is 5. The molecule has 0 aliphatic carbocycles. The fourth-order valence-electron chi connectivity index (χ4n) is 1.77. The maximum atomic E-state index is 11.2. The molecule has 1 aliphatic rings. The predicted molar refractivity (Wildman–Crippen MR) is 70.9 cm³/mol. The molecule has 0 amide bonds. The van der Waals surface area contributed by atoms with Crippen molar-refractivity contribution < 1.29 is 9.47 Å². The van der Waals surface area contributed by atoms with Crippen molar-refractivity contribution in [3.05, 3.63) is 34.7 Å².